The zero-order chi connectivity index (χ0) is 15.0. The van der Waals surface area contributed by atoms with Gasteiger partial charge in [-0.15, -0.1) is 0 Å². The normalized spacial score (nSPS) is 28.9. The highest BCUT2D eigenvalue weighted by molar-refractivity contribution is 5.55. The Bertz CT molecular complexity index is 608. The van der Waals surface area contributed by atoms with E-state index in [0.29, 0.717) is 0 Å². The van der Waals surface area contributed by atoms with Crippen molar-refractivity contribution in [3.8, 4) is 0 Å². The molecule has 2 aliphatic carbocycles. The fraction of sp³-hybridized carbons (Fsp3) is 0.400. The van der Waals surface area contributed by atoms with Crippen molar-refractivity contribution in [2.24, 2.45) is 11.3 Å². The van der Waals surface area contributed by atoms with E-state index >= 15 is 0 Å². The molecule has 110 valence electrons. The Morgan fingerprint density at radius 1 is 1.33 bits per heavy atom. The summed E-state index contributed by atoms with van der Waals surface area (Å²) >= 11 is 0. The third-order valence-electron chi connectivity index (χ3n) is 5.11. The summed E-state index contributed by atoms with van der Waals surface area (Å²) in [6, 6.07) is 0. The second-order valence-electron chi connectivity index (χ2n) is 6.70. The number of hydrogen-bond donors (Lipinski definition) is 0. The Kier molecular flexibility index (Phi) is 3.52. The van der Waals surface area contributed by atoms with Crippen LogP contribution in [0.4, 0.5) is 0 Å². The molecular formula is C20H25N. The first-order valence-corrected chi connectivity index (χ1v) is 7.91. The van der Waals surface area contributed by atoms with Crippen molar-refractivity contribution in [2.75, 3.05) is 7.05 Å². The molecule has 0 aromatic carbocycles. The molecule has 0 fully saturated rings. The summed E-state index contributed by atoms with van der Waals surface area (Å²) in [6.45, 7) is 8.47. The fourth-order valence-electron chi connectivity index (χ4n) is 4.14. The van der Waals surface area contributed by atoms with Crippen molar-refractivity contribution in [3.05, 3.63) is 71.7 Å². The number of fused-ring (bicyclic) bond motifs is 2. The Morgan fingerprint density at radius 2 is 2.14 bits per heavy atom. The lowest BCUT2D eigenvalue weighted by Crippen LogP contribution is -2.22. The summed E-state index contributed by atoms with van der Waals surface area (Å²) in [6.07, 6.45) is 18.8. The lowest BCUT2D eigenvalue weighted by atomic mass is 9.70. The zero-order valence-corrected chi connectivity index (χ0v) is 13.4. The van der Waals surface area contributed by atoms with Gasteiger partial charge < -0.3 is 4.90 Å². The number of nitrogens with zero attached hydrogens (tertiary/aromatic N) is 1. The molecule has 21 heavy (non-hydrogen) atoms. The standard InChI is InChI=1S/C20H25N/c1-5-6-7-12-18-20(2,3)19-16-11-9-8-10-15(16)13-14-17(19)21(18)4/h5-9,11-12,15H,1,10,13-14H2,2-4H3. The summed E-state index contributed by atoms with van der Waals surface area (Å²) in [4.78, 5) is 2.41. The van der Waals surface area contributed by atoms with Crippen LogP contribution in [0.5, 0.6) is 0 Å². The molecule has 1 heteroatoms. The molecule has 0 spiro atoms. The van der Waals surface area contributed by atoms with Gasteiger partial charge in [0.2, 0.25) is 0 Å². The van der Waals surface area contributed by atoms with Crippen molar-refractivity contribution >= 4 is 0 Å². The van der Waals surface area contributed by atoms with Crippen LogP contribution in [0, 0.1) is 11.3 Å². The second-order valence-corrected chi connectivity index (χ2v) is 6.70. The molecule has 1 aliphatic heterocycles. The summed E-state index contributed by atoms with van der Waals surface area (Å²) in [5.74, 6) is 0.726. The quantitative estimate of drug-likeness (QED) is 0.633. The Labute approximate surface area is 128 Å². The molecule has 1 atom stereocenters. The van der Waals surface area contributed by atoms with Gasteiger partial charge in [0.25, 0.3) is 0 Å². The monoisotopic (exact) mass is 279 g/mol. The molecule has 0 N–H and O–H groups in total. The fourth-order valence-corrected chi connectivity index (χ4v) is 4.14. The maximum Gasteiger partial charge on any atom is 0.0319 e. The summed E-state index contributed by atoms with van der Waals surface area (Å²) in [5.41, 5.74) is 6.15. The van der Waals surface area contributed by atoms with Crippen LogP contribution in [0.1, 0.15) is 33.1 Å². The van der Waals surface area contributed by atoms with Gasteiger partial charge in [-0.3, -0.25) is 0 Å². The average Bonchev–Trinajstić information content (AvgIpc) is 2.68. The van der Waals surface area contributed by atoms with Crippen molar-refractivity contribution < 1.29 is 0 Å². The molecule has 1 unspecified atom stereocenters. The van der Waals surface area contributed by atoms with Crippen LogP contribution >= 0.6 is 0 Å². The first-order chi connectivity index (χ1) is 10.1. The summed E-state index contributed by atoms with van der Waals surface area (Å²) in [5, 5.41) is 0. The highest BCUT2D eigenvalue weighted by atomic mass is 15.2. The lowest BCUT2D eigenvalue weighted by Gasteiger charge is -2.33. The Hall–Kier alpha value is -1.76. The van der Waals surface area contributed by atoms with Crippen LogP contribution < -0.4 is 0 Å². The largest absolute Gasteiger partial charge is 0.350 e. The van der Waals surface area contributed by atoms with Gasteiger partial charge in [-0.05, 0) is 42.4 Å². The minimum absolute atomic E-state index is 0.0886. The van der Waals surface area contributed by atoms with E-state index < -0.39 is 0 Å². The highest BCUT2D eigenvalue weighted by Gasteiger charge is 2.45. The molecule has 1 nitrogen and oxygen atoms in total. The van der Waals surface area contributed by atoms with Gasteiger partial charge in [-0.2, -0.15) is 0 Å². The average molecular weight is 279 g/mol. The van der Waals surface area contributed by atoms with E-state index in [0.717, 1.165) is 5.92 Å². The Balaban J connectivity index is 2.07. The minimum Gasteiger partial charge on any atom is -0.350 e. The van der Waals surface area contributed by atoms with Crippen LogP contribution in [0.3, 0.4) is 0 Å². The van der Waals surface area contributed by atoms with Crippen LogP contribution in [-0.4, -0.2) is 11.9 Å². The predicted molar refractivity (Wildman–Crippen MR) is 90.6 cm³/mol. The van der Waals surface area contributed by atoms with Crippen LogP contribution in [0.15, 0.2) is 71.7 Å². The molecule has 1 heterocycles. The van der Waals surface area contributed by atoms with E-state index in [1.54, 1.807) is 11.1 Å². The smallest absolute Gasteiger partial charge is 0.0319 e. The number of hydrogen-bond acceptors (Lipinski definition) is 1. The van der Waals surface area contributed by atoms with E-state index in [-0.39, 0.29) is 5.41 Å². The van der Waals surface area contributed by atoms with Crippen molar-refractivity contribution in [1.82, 2.24) is 4.90 Å². The van der Waals surface area contributed by atoms with Gasteiger partial charge in [0.1, 0.15) is 0 Å². The lowest BCUT2D eigenvalue weighted by molar-refractivity contribution is 0.434. The van der Waals surface area contributed by atoms with Crippen molar-refractivity contribution in [3.63, 3.8) is 0 Å². The molecule has 0 aromatic rings. The molecule has 0 saturated carbocycles. The maximum atomic E-state index is 3.75. The molecule has 3 aliphatic rings. The topological polar surface area (TPSA) is 3.24 Å². The van der Waals surface area contributed by atoms with E-state index in [9.17, 15) is 0 Å². The highest BCUT2D eigenvalue weighted by Crippen LogP contribution is 2.55. The van der Waals surface area contributed by atoms with E-state index in [1.165, 1.54) is 30.7 Å². The van der Waals surface area contributed by atoms with Crippen molar-refractivity contribution in [2.45, 2.75) is 33.1 Å². The third kappa shape index (κ3) is 2.16. The van der Waals surface area contributed by atoms with Gasteiger partial charge in [0, 0.05) is 23.9 Å². The SMILES string of the molecule is C=CC=CC=C1N(C)C2=C(C3=CC=CCC3CC2)C1(C)C. The van der Waals surface area contributed by atoms with Crippen molar-refractivity contribution in [1.29, 1.82) is 0 Å². The summed E-state index contributed by atoms with van der Waals surface area (Å²) < 4.78 is 0. The molecular weight excluding hydrogens is 254 g/mol. The minimum atomic E-state index is 0.0886. The van der Waals surface area contributed by atoms with Gasteiger partial charge in [0.05, 0.1) is 0 Å². The zero-order valence-electron chi connectivity index (χ0n) is 13.4. The molecule has 0 bridgehead atoms. The van der Waals surface area contributed by atoms with E-state index in [4.69, 9.17) is 0 Å². The Morgan fingerprint density at radius 3 is 2.90 bits per heavy atom. The first-order valence-electron chi connectivity index (χ1n) is 7.91. The molecule has 0 saturated heterocycles. The molecule has 0 radical (unpaired) electrons. The van der Waals surface area contributed by atoms with Crippen LogP contribution in [0.2, 0.25) is 0 Å². The predicted octanol–water partition coefficient (Wildman–Crippen LogP) is 5.13. The molecule has 0 amide bonds. The van der Waals surface area contributed by atoms with E-state index in [2.05, 4.69) is 62.8 Å². The van der Waals surface area contributed by atoms with Gasteiger partial charge in [0.15, 0.2) is 0 Å². The number of allylic oxidation sites excluding steroid dienone is 10. The summed E-state index contributed by atoms with van der Waals surface area (Å²) in [7, 11) is 2.22. The third-order valence-corrected chi connectivity index (χ3v) is 5.11. The first kappa shape index (κ1) is 14.2. The van der Waals surface area contributed by atoms with E-state index in [1.807, 2.05) is 12.2 Å². The van der Waals surface area contributed by atoms with Gasteiger partial charge >= 0.3 is 0 Å². The van der Waals surface area contributed by atoms with Gasteiger partial charge in [-0.1, -0.05) is 56.9 Å². The number of rotatable bonds is 2. The molecule has 0 aromatic heterocycles. The van der Waals surface area contributed by atoms with Gasteiger partial charge in [-0.25, -0.2) is 0 Å². The van der Waals surface area contributed by atoms with Crippen LogP contribution in [0.25, 0.3) is 0 Å². The maximum absolute atomic E-state index is 3.75. The second kappa shape index (κ2) is 5.22. The molecule has 3 rings (SSSR count). The van der Waals surface area contributed by atoms with Crippen LogP contribution in [-0.2, 0) is 0 Å².